The van der Waals surface area contributed by atoms with Crippen molar-refractivity contribution in [2.24, 2.45) is 0 Å². The number of hydrogen-bond donors (Lipinski definition) is 2. The maximum atomic E-state index is 12.2. The Balaban J connectivity index is 2.63. The highest BCUT2D eigenvalue weighted by atomic mass is 16.5. The van der Waals surface area contributed by atoms with Gasteiger partial charge in [-0.05, 0) is 24.6 Å². The first kappa shape index (κ1) is 13.0. The third-order valence-corrected chi connectivity index (χ3v) is 3.05. The molecule has 2 rings (SSSR count). The molecule has 0 bridgehead atoms. The highest BCUT2D eigenvalue weighted by Gasteiger charge is 2.34. The number of allylic oxidation sites excluding steroid dienone is 2. The van der Waals surface area contributed by atoms with Crippen molar-refractivity contribution < 1.29 is 19.4 Å². The van der Waals surface area contributed by atoms with Crippen LogP contribution in [0, 0.1) is 5.41 Å². The van der Waals surface area contributed by atoms with E-state index in [0.717, 1.165) is 0 Å². The first-order valence-corrected chi connectivity index (χ1v) is 5.79. The molecule has 0 unspecified atom stereocenters. The Hall–Kier alpha value is -2.43. The van der Waals surface area contributed by atoms with Gasteiger partial charge in [-0.25, -0.2) is 0 Å². The molecule has 0 aliphatic heterocycles. The van der Waals surface area contributed by atoms with Crippen LogP contribution in [0.25, 0.3) is 0 Å². The lowest BCUT2D eigenvalue weighted by molar-refractivity contribution is 0.0933. The molecule has 19 heavy (non-hydrogen) atoms. The van der Waals surface area contributed by atoms with Crippen LogP contribution >= 0.6 is 0 Å². The number of aliphatic hydroxyl groups is 1. The van der Waals surface area contributed by atoms with Crippen LogP contribution < -0.4 is 4.74 Å². The lowest BCUT2D eigenvalue weighted by Crippen LogP contribution is -2.26. The number of ketones is 2. The fraction of sp³-hybridized carbons (Fsp3) is 0.214. The normalized spacial score (nSPS) is 14.4. The topological polar surface area (TPSA) is 87.4 Å². The number of ether oxygens (including phenoxy) is 1. The summed E-state index contributed by atoms with van der Waals surface area (Å²) in [5.74, 6) is -1.37. The lowest BCUT2D eigenvalue weighted by atomic mass is 9.85. The minimum absolute atomic E-state index is 0.0441. The molecule has 1 aliphatic carbocycles. The standard InChI is InChI=1S/C14H13NO4/c1-3-10(15)11-12(16)8-5-4-7(19-2)6-9(8)13(17)14(11)18/h4-6,15,18H,3H2,1-2H3. The van der Waals surface area contributed by atoms with E-state index in [1.54, 1.807) is 13.0 Å². The zero-order chi connectivity index (χ0) is 14.2. The van der Waals surface area contributed by atoms with Crippen molar-refractivity contribution >= 4 is 17.3 Å². The van der Waals surface area contributed by atoms with Crippen LogP contribution in [0.1, 0.15) is 34.1 Å². The summed E-state index contributed by atoms with van der Waals surface area (Å²) in [6.45, 7) is 1.68. The second kappa shape index (κ2) is 4.68. The van der Waals surface area contributed by atoms with Gasteiger partial charge in [0.25, 0.3) is 0 Å². The first-order valence-electron chi connectivity index (χ1n) is 5.79. The van der Waals surface area contributed by atoms with Crippen molar-refractivity contribution in [2.75, 3.05) is 7.11 Å². The van der Waals surface area contributed by atoms with Crippen LogP contribution in [0.3, 0.4) is 0 Å². The van der Waals surface area contributed by atoms with Crippen LogP contribution in [-0.2, 0) is 0 Å². The summed E-state index contributed by atoms with van der Waals surface area (Å²) in [4.78, 5) is 24.3. The van der Waals surface area contributed by atoms with E-state index in [4.69, 9.17) is 10.1 Å². The van der Waals surface area contributed by atoms with Gasteiger partial charge in [0, 0.05) is 16.8 Å². The number of rotatable bonds is 3. The Bertz CT molecular complexity index is 628. The highest BCUT2D eigenvalue weighted by Crippen LogP contribution is 2.29. The Labute approximate surface area is 110 Å². The molecule has 2 N–H and O–H groups in total. The zero-order valence-corrected chi connectivity index (χ0v) is 10.6. The Morgan fingerprint density at radius 3 is 2.53 bits per heavy atom. The number of fused-ring (bicyclic) bond motifs is 1. The number of carbonyl (C=O) groups is 2. The monoisotopic (exact) mass is 259 g/mol. The zero-order valence-electron chi connectivity index (χ0n) is 10.6. The van der Waals surface area contributed by atoms with Gasteiger partial charge < -0.3 is 15.3 Å². The Morgan fingerprint density at radius 2 is 1.95 bits per heavy atom. The molecule has 5 heteroatoms. The molecule has 0 amide bonds. The fourth-order valence-corrected chi connectivity index (χ4v) is 1.98. The van der Waals surface area contributed by atoms with Crippen LogP contribution in [0.5, 0.6) is 5.75 Å². The maximum absolute atomic E-state index is 12.2. The van der Waals surface area contributed by atoms with Gasteiger partial charge in [-0.1, -0.05) is 6.92 Å². The molecule has 1 aliphatic rings. The van der Waals surface area contributed by atoms with Crippen molar-refractivity contribution in [3.63, 3.8) is 0 Å². The summed E-state index contributed by atoms with van der Waals surface area (Å²) in [6, 6.07) is 4.46. The largest absolute Gasteiger partial charge is 0.504 e. The van der Waals surface area contributed by atoms with Crippen LogP contribution in [-0.4, -0.2) is 29.5 Å². The lowest BCUT2D eigenvalue weighted by Gasteiger charge is -2.18. The number of nitrogens with one attached hydrogen (secondary N) is 1. The predicted molar refractivity (Wildman–Crippen MR) is 69.3 cm³/mol. The molecule has 5 nitrogen and oxygen atoms in total. The van der Waals surface area contributed by atoms with E-state index in [-0.39, 0.29) is 28.8 Å². The van der Waals surface area contributed by atoms with Gasteiger partial charge >= 0.3 is 0 Å². The molecule has 0 saturated carbocycles. The molecular weight excluding hydrogens is 246 g/mol. The number of carbonyl (C=O) groups excluding carboxylic acids is 2. The Kier molecular flexibility index (Phi) is 3.21. The number of aliphatic hydroxyl groups excluding tert-OH is 1. The first-order chi connectivity index (χ1) is 9.01. The highest BCUT2D eigenvalue weighted by molar-refractivity contribution is 6.36. The maximum Gasteiger partial charge on any atom is 0.229 e. The van der Waals surface area contributed by atoms with Crippen LogP contribution in [0.4, 0.5) is 0 Å². The number of Topliss-reactive ketones (excluding diaryl/α,β-unsaturated/α-hetero) is 2. The Morgan fingerprint density at radius 1 is 1.26 bits per heavy atom. The predicted octanol–water partition coefficient (Wildman–Crippen LogP) is 2.32. The third-order valence-electron chi connectivity index (χ3n) is 3.05. The van der Waals surface area contributed by atoms with E-state index in [9.17, 15) is 14.7 Å². The van der Waals surface area contributed by atoms with E-state index < -0.39 is 17.3 Å². The molecule has 0 aromatic heterocycles. The van der Waals surface area contributed by atoms with E-state index in [1.807, 2.05) is 0 Å². The van der Waals surface area contributed by atoms with Crippen molar-refractivity contribution in [3.8, 4) is 5.75 Å². The average molecular weight is 259 g/mol. The van der Waals surface area contributed by atoms with Gasteiger partial charge in [0.05, 0.1) is 12.7 Å². The second-order valence-electron chi connectivity index (χ2n) is 4.13. The SMILES string of the molecule is CCC(=N)C1=C(O)C(=O)c2cc(OC)ccc2C1=O. The van der Waals surface area contributed by atoms with Crippen molar-refractivity contribution in [3.05, 3.63) is 40.7 Å². The number of benzene rings is 1. The fourth-order valence-electron chi connectivity index (χ4n) is 1.98. The molecule has 0 heterocycles. The number of methoxy groups -OCH3 is 1. The summed E-state index contributed by atoms with van der Waals surface area (Å²) in [5.41, 5.74) is 0.0498. The van der Waals surface area contributed by atoms with Gasteiger partial charge in [0.1, 0.15) is 5.75 Å². The van der Waals surface area contributed by atoms with Gasteiger partial charge in [0.15, 0.2) is 11.5 Å². The smallest absolute Gasteiger partial charge is 0.229 e. The van der Waals surface area contributed by atoms with Crippen LogP contribution in [0.15, 0.2) is 29.5 Å². The molecule has 1 aromatic rings. The average Bonchev–Trinajstić information content (AvgIpc) is 2.44. The quantitative estimate of drug-likeness (QED) is 0.815. The molecule has 0 radical (unpaired) electrons. The summed E-state index contributed by atoms with van der Waals surface area (Å²) >= 11 is 0. The minimum Gasteiger partial charge on any atom is -0.504 e. The van der Waals surface area contributed by atoms with E-state index >= 15 is 0 Å². The summed E-state index contributed by atoms with van der Waals surface area (Å²) in [7, 11) is 1.45. The molecule has 0 fully saturated rings. The van der Waals surface area contributed by atoms with Crippen molar-refractivity contribution in [1.29, 1.82) is 5.41 Å². The minimum atomic E-state index is -0.655. The van der Waals surface area contributed by atoms with Crippen LogP contribution in [0.2, 0.25) is 0 Å². The number of hydrogen-bond acceptors (Lipinski definition) is 5. The van der Waals surface area contributed by atoms with Gasteiger partial charge in [-0.3, -0.25) is 9.59 Å². The molecule has 1 aromatic carbocycles. The molecule has 98 valence electrons. The molecule has 0 spiro atoms. The molecule has 0 atom stereocenters. The van der Waals surface area contributed by atoms with E-state index in [1.165, 1.54) is 19.2 Å². The van der Waals surface area contributed by atoms with Gasteiger partial charge in [-0.15, -0.1) is 0 Å². The van der Waals surface area contributed by atoms with Gasteiger partial charge in [-0.2, -0.15) is 0 Å². The summed E-state index contributed by atoms with van der Waals surface area (Å²) in [5, 5.41) is 17.5. The summed E-state index contributed by atoms with van der Waals surface area (Å²) < 4.78 is 4.99. The van der Waals surface area contributed by atoms with E-state index in [0.29, 0.717) is 5.75 Å². The molecular formula is C14H13NO4. The van der Waals surface area contributed by atoms with E-state index in [2.05, 4.69) is 0 Å². The second-order valence-corrected chi connectivity index (χ2v) is 4.13. The molecule has 0 saturated heterocycles. The van der Waals surface area contributed by atoms with Gasteiger partial charge in [0.2, 0.25) is 5.78 Å². The van der Waals surface area contributed by atoms with Crippen molar-refractivity contribution in [1.82, 2.24) is 0 Å². The summed E-state index contributed by atoms with van der Waals surface area (Å²) in [6.07, 6.45) is 0.268. The van der Waals surface area contributed by atoms with Crippen molar-refractivity contribution in [2.45, 2.75) is 13.3 Å². The third kappa shape index (κ3) is 1.93.